The summed E-state index contributed by atoms with van der Waals surface area (Å²) in [6.07, 6.45) is 1.83. The first-order valence-corrected chi connectivity index (χ1v) is 5.29. The molecular weight excluding hydrogens is 196 g/mol. The van der Waals surface area contributed by atoms with Crippen LogP contribution < -0.4 is 10.6 Å². The molecule has 0 aromatic heterocycles. The third kappa shape index (κ3) is 3.20. The van der Waals surface area contributed by atoms with Crippen molar-refractivity contribution >= 4 is 11.9 Å². The first-order valence-electron chi connectivity index (χ1n) is 5.29. The van der Waals surface area contributed by atoms with E-state index in [-0.39, 0.29) is 18.0 Å². The summed E-state index contributed by atoms with van der Waals surface area (Å²) in [7, 11) is 0. The number of hydrogen-bond donors (Lipinski definition) is 3. The lowest BCUT2D eigenvalue weighted by atomic mass is 10.0. The molecule has 1 aliphatic rings. The summed E-state index contributed by atoms with van der Waals surface area (Å²) in [5, 5.41) is 14.6. The summed E-state index contributed by atoms with van der Waals surface area (Å²) in [6.45, 7) is 4.17. The van der Waals surface area contributed by atoms with Gasteiger partial charge in [0, 0.05) is 6.04 Å². The van der Waals surface area contributed by atoms with E-state index in [1.807, 2.05) is 0 Å². The molecule has 1 amide bonds. The Labute approximate surface area is 89.2 Å². The smallest absolute Gasteiger partial charge is 0.308 e. The van der Waals surface area contributed by atoms with E-state index in [1.54, 1.807) is 13.8 Å². The van der Waals surface area contributed by atoms with Gasteiger partial charge in [0.2, 0.25) is 5.91 Å². The highest BCUT2D eigenvalue weighted by Gasteiger charge is 2.26. The van der Waals surface area contributed by atoms with E-state index in [9.17, 15) is 9.59 Å². The summed E-state index contributed by atoms with van der Waals surface area (Å²) >= 11 is 0. The van der Waals surface area contributed by atoms with Gasteiger partial charge in [-0.15, -0.1) is 0 Å². The minimum Gasteiger partial charge on any atom is -0.481 e. The fourth-order valence-electron chi connectivity index (χ4n) is 1.57. The lowest BCUT2D eigenvalue weighted by Crippen LogP contribution is -2.47. The number of carboxylic acids is 1. The Morgan fingerprint density at radius 3 is 2.60 bits per heavy atom. The second kappa shape index (κ2) is 5.11. The highest BCUT2D eigenvalue weighted by molar-refractivity contribution is 5.83. The van der Waals surface area contributed by atoms with Crippen LogP contribution >= 0.6 is 0 Å². The molecule has 0 aromatic rings. The maximum absolute atomic E-state index is 11.6. The van der Waals surface area contributed by atoms with Crippen LogP contribution in [0.2, 0.25) is 0 Å². The van der Waals surface area contributed by atoms with Crippen molar-refractivity contribution in [1.29, 1.82) is 0 Å². The number of aliphatic carboxylic acids is 1. The molecule has 86 valence electrons. The molecule has 0 aliphatic carbocycles. The van der Waals surface area contributed by atoms with Gasteiger partial charge in [-0.3, -0.25) is 9.59 Å². The predicted octanol–water partition coefficient (Wildman–Crippen LogP) is -0.0362. The molecule has 3 N–H and O–H groups in total. The SMILES string of the molecule is CC(NC(=O)[C@H]1CCCN1)C(C)C(=O)O. The number of amides is 1. The van der Waals surface area contributed by atoms with Crippen LogP contribution in [0.25, 0.3) is 0 Å². The van der Waals surface area contributed by atoms with Crippen molar-refractivity contribution in [2.75, 3.05) is 6.54 Å². The molecule has 15 heavy (non-hydrogen) atoms. The summed E-state index contributed by atoms with van der Waals surface area (Å²) < 4.78 is 0. The molecule has 5 heteroatoms. The molecular formula is C10H18N2O3. The molecule has 5 nitrogen and oxygen atoms in total. The normalized spacial score (nSPS) is 24.5. The van der Waals surface area contributed by atoms with Crippen molar-refractivity contribution in [3.8, 4) is 0 Å². The summed E-state index contributed by atoms with van der Waals surface area (Å²) in [6, 6.07) is -0.481. The highest BCUT2D eigenvalue weighted by Crippen LogP contribution is 2.07. The Morgan fingerprint density at radius 2 is 2.13 bits per heavy atom. The van der Waals surface area contributed by atoms with Gasteiger partial charge in [0.1, 0.15) is 0 Å². The molecule has 0 aromatic carbocycles. The van der Waals surface area contributed by atoms with E-state index in [1.165, 1.54) is 0 Å². The molecule has 0 spiro atoms. The second-order valence-electron chi connectivity index (χ2n) is 4.07. The van der Waals surface area contributed by atoms with Crippen molar-refractivity contribution in [3.63, 3.8) is 0 Å². The Kier molecular flexibility index (Phi) is 4.08. The molecule has 2 unspecified atom stereocenters. The Morgan fingerprint density at radius 1 is 1.47 bits per heavy atom. The summed E-state index contributed by atoms with van der Waals surface area (Å²) in [4.78, 5) is 22.3. The summed E-state index contributed by atoms with van der Waals surface area (Å²) in [5.41, 5.74) is 0. The first-order chi connectivity index (χ1) is 7.02. The maximum Gasteiger partial charge on any atom is 0.308 e. The van der Waals surface area contributed by atoms with Crippen molar-refractivity contribution in [2.45, 2.75) is 38.8 Å². The third-order valence-electron chi connectivity index (χ3n) is 2.89. The van der Waals surface area contributed by atoms with Crippen LogP contribution in [0.3, 0.4) is 0 Å². The third-order valence-corrected chi connectivity index (χ3v) is 2.89. The van der Waals surface area contributed by atoms with Crippen LogP contribution in [0, 0.1) is 5.92 Å². The monoisotopic (exact) mass is 214 g/mol. The van der Waals surface area contributed by atoms with Crippen LogP contribution in [-0.2, 0) is 9.59 Å². The van der Waals surface area contributed by atoms with Gasteiger partial charge in [0.05, 0.1) is 12.0 Å². The zero-order chi connectivity index (χ0) is 11.4. The Balaban J connectivity index is 2.39. The molecule has 3 atom stereocenters. The van der Waals surface area contributed by atoms with Gasteiger partial charge < -0.3 is 15.7 Å². The lowest BCUT2D eigenvalue weighted by Gasteiger charge is -2.20. The van der Waals surface area contributed by atoms with Crippen LogP contribution in [0.4, 0.5) is 0 Å². The van der Waals surface area contributed by atoms with E-state index in [4.69, 9.17) is 5.11 Å². The van der Waals surface area contributed by atoms with Crippen molar-refractivity contribution in [1.82, 2.24) is 10.6 Å². The quantitative estimate of drug-likeness (QED) is 0.614. The molecule has 0 bridgehead atoms. The second-order valence-corrected chi connectivity index (χ2v) is 4.07. The minimum atomic E-state index is -0.887. The van der Waals surface area contributed by atoms with Crippen LogP contribution in [0.15, 0.2) is 0 Å². The zero-order valence-electron chi connectivity index (χ0n) is 9.12. The van der Waals surface area contributed by atoms with E-state index < -0.39 is 11.9 Å². The van der Waals surface area contributed by atoms with Gasteiger partial charge in [-0.05, 0) is 33.2 Å². The van der Waals surface area contributed by atoms with Gasteiger partial charge in [-0.1, -0.05) is 0 Å². The maximum atomic E-state index is 11.6. The molecule has 1 saturated heterocycles. The average molecular weight is 214 g/mol. The van der Waals surface area contributed by atoms with E-state index in [2.05, 4.69) is 10.6 Å². The molecule has 1 fully saturated rings. The number of carboxylic acid groups (broad SMARTS) is 1. The van der Waals surface area contributed by atoms with Gasteiger partial charge in [0.15, 0.2) is 0 Å². The van der Waals surface area contributed by atoms with Crippen LogP contribution in [0.5, 0.6) is 0 Å². The largest absolute Gasteiger partial charge is 0.481 e. The molecule has 0 saturated carbocycles. The number of hydrogen-bond acceptors (Lipinski definition) is 3. The highest BCUT2D eigenvalue weighted by atomic mass is 16.4. The zero-order valence-corrected chi connectivity index (χ0v) is 9.12. The molecule has 1 aliphatic heterocycles. The molecule has 1 heterocycles. The van der Waals surface area contributed by atoms with Gasteiger partial charge in [-0.2, -0.15) is 0 Å². The van der Waals surface area contributed by atoms with Crippen LogP contribution in [-0.4, -0.2) is 35.6 Å². The van der Waals surface area contributed by atoms with Gasteiger partial charge in [0.25, 0.3) is 0 Å². The van der Waals surface area contributed by atoms with E-state index in [0.717, 1.165) is 19.4 Å². The van der Waals surface area contributed by atoms with Gasteiger partial charge >= 0.3 is 5.97 Å². The number of carbonyl (C=O) groups excluding carboxylic acids is 1. The number of nitrogens with one attached hydrogen (secondary N) is 2. The van der Waals surface area contributed by atoms with Crippen molar-refractivity contribution < 1.29 is 14.7 Å². The molecule has 0 radical (unpaired) electrons. The standard InChI is InChI=1S/C10H18N2O3/c1-6(10(14)15)7(2)12-9(13)8-4-3-5-11-8/h6-8,11H,3-5H2,1-2H3,(H,12,13)(H,14,15)/t6?,7?,8-/m1/s1. The first kappa shape index (κ1) is 12.0. The predicted molar refractivity (Wildman–Crippen MR) is 55.4 cm³/mol. The van der Waals surface area contributed by atoms with Crippen molar-refractivity contribution in [3.05, 3.63) is 0 Å². The van der Waals surface area contributed by atoms with Crippen molar-refractivity contribution in [2.24, 2.45) is 5.92 Å². The van der Waals surface area contributed by atoms with E-state index >= 15 is 0 Å². The Hall–Kier alpha value is -1.10. The minimum absolute atomic E-state index is 0.0897. The molecule has 1 rings (SSSR count). The topological polar surface area (TPSA) is 78.4 Å². The summed E-state index contributed by atoms with van der Waals surface area (Å²) in [5.74, 6) is -1.54. The average Bonchev–Trinajstić information content (AvgIpc) is 2.68. The fraction of sp³-hybridized carbons (Fsp3) is 0.800. The Bertz CT molecular complexity index is 249. The van der Waals surface area contributed by atoms with E-state index in [0.29, 0.717) is 0 Å². The van der Waals surface area contributed by atoms with Gasteiger partial charge in [-0.25, -0.2) is 0 Å². The fourth-order valence-corrected chi connectivity index (χ4v) is 1.57. The van der Waals surface area contributed by atoms with Crippen LogP contribution in [0.1, 0.15) is 26.7 Å². The number of rotatable bonds is 4. The lowest BCUT2D eigenvalue weighted by molar-refractivity contribution is -0.142. The number of carbonyl (C=O) groups is 2.